The highest BCUT2D eigenvalue weighted by Gasteiger charge is 2.30. The molecule has 0 spiro atoms. The van der Waals surface area contributed by atoms with E-state index in [1.165, 1.54) is 17.9 Å². The van der Waals surface area contributed by atoms with Crippen molar-refractivity contribution in [3.8, 4) is 0 Å². The summed E-state index contributed by atoms with van der Waals surface area (Å²) in [4.78, 5) is 0. The van der Waals surface area contributed by atoms with Crippen LogP contribution in [0.4, 0.5) is 0 Å². The van der Waals surface area contributed by atoms with Gasteiger partial charge in [-0.25, -0.2) is 0 Å². The van der Waals surface area contributed by atoms with E-state index in [1.54, 1.807) is 0 Å². The van der Waals surface area contributed by atoms with Gasteiger partial charge in [-0.3, -0.25) is 0 Å². The van der Waals surface area contributed by atoms with Gasteiger partial charge in [0.1, 0.15) is 0 Å². The number of aliphatic hydroxyl groups is 1. The molecule has 1 rings (SSSR count). The molecule has 1 heterocycles. The summed E-state index contributed by atoms with van der Waals surface area (Å²) in [6, 6.07) is 0. The first-order valence-electron chi connectivity index (χ1n) is 6.06. The minimum atomic E-state index is -0.0878. The lowest BCUT2D eigenvalue weighted by atomic mass is 10.0. The van der Waals surface area contributed by atoms with E-state index in [-0.39, 0.29) is 6.10 Å². The fraction of sp³-hybridized carbons (Fsp3) is 1.00. The van der Waals surface area contributed by atoms with Crippen molar-refractivity contribution in [2.45, 2.75) is 56.6 Å². The Hall–Kier alpha value is 0.660. The molecule has 0 aliphatic carbocycles. The van der Waals surface area contributed by atoms with Crippen LogP contribution in [0.1, 0.15) is 40.0 Å². The van der Waals surface area contributed by atoms with Gasteiger partial charge in [0.05, 0.1) is 6.10 Å². The molecule has 0 aromatic carbocycles. The van der Waals surface area contributed by atoms with Gasteiger partial charge in [-0.15, -0.1) is 0 Å². The summed E-state index contributed by atoms with van der Waals surface area (Å²) in [5.74, 6) is 3.18. The number of rotatable bonds is 5. The molecule has 0 aromatic rings. The Balaban J connectivity index is 2.37. The van der Waals surface area contributed by atoms with Crippen molar-refractivity contribution in [2.24, 2.45) is 5.92 Å². The van der Waals surface area contributed by atoms with Crippen LogP contribution in [0.25, 0.3) is 0 Å². The highest BCUT2D eigenvalue weighted by Crippen LogP contribution is 2.36. The molecular formula is C12H24OS2. The molecule has 1 aliphatic rings. The van der Waals surface area contributed by atoms with Gasteiger partial charge in [0.15, 0.2) is 0 Å². The Kier molecular flexibility index (Phi) is 6.48. The molecule has 1 aliphatic heterocycles. The summed E-state index contributed by atoms with van der Waals surface area (Å²) in [5, 5.41) is 11.3. The predicted octanol–water partition coefficient (Wildman–Crippen LogP) is 3.41. The minimum absolute atomic E-state index is 0.0878. The zero-order valence-electron chi connectivity index (χ0n) is 10.1. The van der Waals surface area contributed by atoms with Gasteiger partial charge in [-0.2, -0.15) is 23.5 Å². The Morgan fingerprint density at radius 1 is 1.20 bits per heavy atom. The SMILES string of the molecule is CCC1SCCSC1C(O)CCC(C)C. The van der Waals surface area contributed by atoms with E-state index in [1.807, 2.05) is 11.8 Å². The van der Waals surface area contributed by atoms with Gasteiger partial charge in [-0.05, 0) is 25.2 Å². The Morgan fingerprint density at radius 2 is 1.87 bits per heavy atom. The molecule has 0 aromatic heterocycles. The summed E-state index contributed by atoms with van der Waals surface area (Å²) >= 11 is 4.04. The summed E-state index contributed by atoms with van der Waals surface area (Å²) in [5.41, 5.74) is 0. The van der Waals surface area contributed by atoms with Gasteiger partial charge in [0.2, 0.25) is 0 Å². The molecule has 1 fully saturated rings. The molecule has 3 heteroatoms. The molecule has 0 bridgehead atoms. The van der Waals surface area contributed by atoms with Crippen molar-refractivity contribution < 1.29 is 5.11 Å². The maximum absolute atomic E-state index is 10.2. The van der Waals surface area contributed by atoms with Crippen molar-refractivity contribution in [1.82, 2.24) is 0 Å². The topological polar surface area (TPSA) is 20.2 Å². The van der Waals surface area contributed by atoms with Crippen LogP contribution >= 0.6 is 23.5 Å². The van der Waals surface area contributed by atoms with Crippen LogP contribution in [0.15, 0.2) is 0 Å². The largest absolute Gasteiger partial charge is 0.392 e. The van der Waals surface area contributed by atoms with E-state index in [0.29, 0.717) is 16.4 Å². The maximum Gasteiger partial charge on any atom is 0.0669 e. The first kappa shape index (κ1) is 13.7. The van der Waals surface area contributed by atoms with Gasteiger partial charge in [0, 0.05) is 22.0 Å². The van der Waals surface area contributed by atoms with E-state index >= 15 is 0 Å². The number of thioether (sulfide) groups is 2. The normalized spacial score (nSPS) is 29.4. The van der Waals surface area contributed by atoms with Crippen LogP contribution in [-0.4, -0.2) is 33.2 Å². The van der Waals surface area contributed by atoms with Crippen LogP contribution in [0.3, 0.4) is 0 Å². The summed E-state index contributed by atoms with van der Waals surface area (Å²) in [6.07, 6.45) is 3.24. The second-order valence-electron chi connectivity index (χ2n) is 4.69. The van der Waals surface area contributed by atoms with Crippen molar-refractivity contribution in [3.63, 3.8) is 0 Å². The fourth-order valence-electron chi connectivity index (χ4n) is 1.96. The molecule has 1 saturated heterocycles. The molecule has 0 amide bonds. The molecule has 0 saturated carbocycles. The second-order valence-corrected chi connectivity index (χ2v) is 7.32. The molecule has 3 atom stereocenters. The summed E-state index contributed by atoms with van der Waals surface area (Å²) < 4.78 is 0. The quantitative estimate of drug-likeness (QED) is 0.805. The molecular weight excluding hydrogens is 224 g/mol. The summed E-state index contributed by atoms with van der Waals surface area (Å²) in [7, 11) is 0. The lowest BCUT2D eigenvalue weighted by molar-refractivity contribution is 0.151. The number of aliphatic hydroxyl groups excluding tert-OH is 1. The second kappa shape index (κ2) is 7.08. The maximum atomic E-state index is 10.2. The molecule has 1 nitrogen and oxygen atoms in total. The highest BCUT2D eigenvalue weighted by molar-refractivity contribution is 8.07. The predicted molar refractivity (Wildman–Crippen MR) is 72.9 cm³/mol. The van der Waals surface area contributed by atoms with Crippen LogP contribution in [0, 0.1) is 5.92 Å². The van der Waals surface area contributed by atoms with Crippen molar-refractivity contribution >= 4 is 23.5 Å². The third-order valence-corrected chi connectivity index (χ3v) is 6.31. The lowest BCUT2D eigenvalue weighted by Gasteiger charge is -2.33. The Labute approximate surface area is 103 Å². The van der Waals surface area contributed by atoms with E-state index in [0.717, 1.165) is 12.8 Å². The van der Waals surface area contributed by atoms with Gasteiger partial charge in [0.25, 0.3) is 0 Å². The van der Waals surface area contributed by atoms with Crippen LogP contribution in [0.2, 0.25) is 0 Å². The van der Waals surface area contributed by atoms with Crippen molar-refractivity contribution in [2.75, 3.05) is 11.5 Å². The number of hydrogen-bond donors (Lipinski definition) is 1. The zero-order valence-corrected chi connectivity index (χ0v) is 11.7. The third kappa shape index (κ3) is 4.58. The van der Waals surface area contributed by atoms with Gasteiger partial charge in [-0.1, -0.05) is 20.8 Å². The zero-order chi connectivity index (χ0) is 11.3. The van der Waals surface area contributed by atoms with Crippen molar-refractivity contribution in [3.05, 3.63) is 0 Å². The van der Waals surface area contributed by atoms with Gasteiger partial charge >= 0.3 is 0 Å². The molecule has 15 heavy (non-hydrogen) atoms. The molecule has 0 radical (unpaired) electrons. The molecule has 90 valence electrons. The van der Waals surface area contributed by atoms with Crippen molar-refractivity contribution in [1.29, 1.82) is 0 Å². The third-order valence-electron chi connectivity index (χ3n) is 2.91. The highest BCUT2D eigenvalue weighted by atomic mass is 32.2. The van der Waals surface area contributed by atoms with E-state index < -0.39 is 0 Å². The monoisotopic (exact) mass is 248 g/mol. The molecule has 3 unspecified atom stereocenters. The first-order valence-corrected chi connectivity index (χ1v) is 8.16. The van der Waals surface area contributed by atoms with Crippen LogP contribution in [0.5, 0.6) is 0 Å². The standard InChI is InChI=1S/C12H24OS2/c1-4-11-12(15-8-7-14-11)10(13)6-5-9(2)3/h9-13H,4-8H2,1-3H3. The Morgan fingerprint density at radius 3 is 2.47 bits per heavy atom. The lowest BCUT2D eigenvalue weighted by Crippen LogP contribution is -2.36. The van der Waals surface area contributed by atoms with Crippen LogP contribution < -0.4 is 0 Å². The minimum Gasteiger partial charge on any atom is -0.392 e. The first-order chi connectivity index (χ1) is 7.15. The fourth-order valence-corrected chi connectivity index (χ4v) is 5.15. The van der Waals surface area contributed by atoms with Gasteiger partial charge < -0.3 is 5.11 Å². The Bertz CT molecular complexity index is 173. The smallest absolute Gasteiger partial charge is 0.0669 e. The number of hydrogen-bond acceptors (Lipinski definition) is 3. The van der Waals surface area contributed by atoms with Crippen LogP contribution in [-0.2, 0) is 0 Å². The van der Waals surface area contributed by atoms with E-state index in [4.69, 9.17) is 0 Å². The van der Waals surface area contributed by atoms with E-state index in [9.17, 15) is 5.11 Å². The average molecular weight is 248 g/mol. The van der Waals surface area contributed by atoms with E-state index in [2.05, 4.69) is 32.5 Å². The molecule has 1 N–H and O–H groups in total. The summed E-state index contributed by atoms with van der Waals surface area (Å²) in [6.45, 7) is 6.70. The average Bonchev–Trinajstić information content (AvgIpc) is 2.25.